The monoisotopic (exact) mass is 349 g/mol. The fraction of sp³-hybridized carbons (Fsp3) is 0.412. The first-order valence-electron chi connectivity index (χ1n) is 7.40. The van der Waals surface area contributed by atoms with Crippen LogP contribution in [0.25, 0.3) is 0 Å². The molecule has 0 radical (unpaired) electrons. The molecule has 1 aromatic heterocycles. The van der Waals surface area contributed by atoms with E-state index in [1.807, 2.05) is 13.2 Å². The van der Waals surface area contributed by atoms with Crippen molar-refractivity contribution in [3.63, 3.8) is 0 Å². The molecule has 2 heterocycles. The number of aryl methyl sites for hydroxylation is 1. The Morgan fingerprint density at radius 3 is 2.90 bits per heavy atom. The molecular weight excluding hydrogens is 330 g/mol. The van der Waals surface area contributed by atoms with Gasteiger partial charge in [-0.3, -0.25) is 0 Å². The third kappa shape index (κ3) is 3.16. The van der Waals surface area contributed by atoms with E-state index in [9.17, 15) is 0 Å². The van der Waals surface area contributed by atoms with Crippen LogP contribution in [-0.2, 0) is 12.8 Å². The SMILES string of the molecule is CCNC(Cc1cc(Br)cc2c1OCC2)c1coc(C)c1. The first kappa shape index (κ1) is 14.7. The van der Waals surface area contributed by atoms with Gasteiger partial charge < -0.3 is 14.5 Å². The standard InChI is InChI=1S/C17H20BrNO2/c1-3-19-16(14-6-11(2)21-10-14)9-13-8-15(18)7-12-4-5-20-17(12)13/h6-8,10,16,19H,3-5,9H2,1-2H3. The molecule has 0 saturated carbocycles. The van der Waals surface area contributed by atoms with Gasteiger partial charge in [0.05, 0.1) is 12.9 Å². The van der Waals surface area contributed by atoms with Gasteiger partial charge in [-0.25, -0.2) is 0 Å². The summed E-state index contributed by atoms with van der Waals surface area (Å²) in [6.07, 6.45) is 3.74. The van der Waals surface area contributed by atoms with Crippen LogP contribution in [0, 0.1) is 6.92 Å². The summed E-state index contributed by atoms with van der Waals surface area (Å²) in [6.45, 7) is 5.82. The van der Waals surface area contributed by atoms with Crippen molar-refractivity contribution in [2.45, 2.75) is 32.7 Å². The van der Waals surface area contributed by atoms with Crippen LogP contribution >= 0.6 is 15.9 Å². The predicted molar refractivity (Wildman–Crippen MR) is 86.9 cm³/mol. The van der Waals surface area contributed by atoms with Gasteiger partial charge in [0.1, 0.15) is 11.5 Å². The minimum atomic E-state index is 0.245. The van der Waals surface area contributed by atoms with Crippen molar-refractivity contribution in [2.24, 2.45) is 0 Å². The Morgan fingerprint density at radius 2 is 2.19 bits per heavy atom. The second kappa shape index (κ2) is 6.24. The molecule has 0 fully saturated rings. The predicted octanol–water partition coefficient (Wildman–Crippen LogP) is 4.18. The maximum atomic E-state index is 5.83. The molecule has 1 aliphatic heterocycles. The zero-order valence-electron chi connectivity index (χ0n) is 12.4. The first-order chi connectivity index (χ1) is 10.2. The van der Waals surface area contributed by atoms with Gasteiger partial charge in [-0.1, -0.05) is 22.9 Å². The molecule has 0 aliphatic carbocycles. The maximum Gasteiger partial charge on any atom is 0.125 e. The molecule has 3 rings (SSSR count). The highest BCUT2D eigenvalue weighted by Gasteiger charge is 2.21. The second-order valence-electron chi connectivity index (χ2n) is 5.46. The van der Waals surface area contributed by atoms with Crippen molar-refractivity contribution in [1.82, 2.24) is 5.32 Å². The topological polar surface area (TPSA) is 34.4 Å². The average Bonchev–Trinajstić information content (AvgIpc) is 3.06. The lowest BCUT2D eigenvalue weighted by Gasteiger charge is -2.18. The van der Waals surface area contributed by atoms with Crippen molar-refractivity contribution in [3.05, 3.63) is 51.4 Å². The van der Waals surface area contributed by atoms with Gasteiger partial charge in [0.2, 0.25) is 0 Å². The largest absolute Gasteiger partial charge is 0.493 e. The number of likely N-dealkylation sites (N-methyl/N-ethyl adjacent to an activating group) is 1. The molecule has 21 heavy (non-hydrogen) atoms. The molecule has 0 bridgehead atoms. The molecule has 1 aliphatic rings. The van der Waals surface area contributed by atoms with Gasteiger partial charge in [0.15, 0.2) is 0 Å². The van der Waals surface area contributed by atoms with E-state index in [1.54, 1.807) is 0 Å². The van der Waals surface area contributed by atoms with Gasteiger partial charge in [0, 0.05) is 22.5 Å². The number of furan rings is 1. The van der Waals surface area contributed by atoms with Crippen molar-refractivity contribution >= 4 is 15.9 Å². The zero-order valence-corrected chi connectivity index (χ0v) is 14.0. The molecule has 1 aromatic carbocycles. The molecular formula is C17H20BrNO2. The number of hydrogen-bond acceptors (Lipinski definition) is 3. The highest BCUT2D eigenvalue weighted by Crippen LogP contribution is 2.35. The third-order valence-electron chi connectivity index (χ3n) is 3.85. The molecule has 3 nitrogen and oxygen atoms in total. The summed E-state index contributed by atoms with van der Waals surface area (Å²) in [5.74, 6) is 2.02. The number of ether oxygens (including phenoxy) is 1. The molecule has 1 unspecified atom stereocenters. The molecule has 1 atom stereocenters. The Morgan fingerprint density at radius 1 is 1.33 bits per heavy atom. The molecule has 4 heteroatoms. The minimum Gasteiger partial charge on any atom is -0.493 e. The van der Waals surface area contributed by atoms with E-state index in [-0.39, 0.29) is 6.04 Å². The van der Waals surface area contributed by atoms with Crippen molar-refractivity contribution in [3.8, 4) is 5.75 Å². The van der Waals surface area contributed by atoms with Crippen LogP contribution in [0.2, 0.25) is 0 Å². The van der Waals surface area contributed by atoms with Gasteiger partial charge in [-0.05, 0) is 49.2 Å². The van der Waals surface area contributed by atoms with E-state index in [0.29, 0.717) is 0 Å². The summed E-state index contributed by atoms with van der Waals surface area (Å²) in [7, 11) is 0. The Kier molecular flexibility index (Phi) is 4.36. The number of hydrogen-bond donors (Lipinski definition) is 1. The van der Waals surface area contributed by atoms with E-state index < -0.39 is 0 Å². The average molecular weight is 350 g/mol. The third-order valence-corrected chi connectivity index (χ3v) is 4.31. The van der Waals surface area contributed by atoms with Gasteiger partial charge in [-0.15, -0.1) is 0 Å². The highest BCUT2D eigenvalue weighted by molar-refractivity contribution is 9.10. The molecule has 112 valence electrons. The zero-order chi connectivity index (χ0) is 14.8. The summed E-state index contributed by atoms with van der Waals surface area (Å²) in [4.78, 5) is 0. The Labute approximate surface area is 133 Å². The number of rotatable bonds is 5. The lowest BCUT2D eigenvalue weighted by atomic mass is 9.98. The van der Waals surface area contributed by atoms with E-state index in [2.05, 4.69) is 46.4 Å². The van der Waals surface area contributed by atoms with Crippen LogP contribution in [0.3, 0.4) is 0 Å². The molecule has 0 amide bonds. The van der Waals surface area contributed by atoms with Crippen LogP contribution in [0.15, 0.2) is 33.4 Å². The molecule has 2 aromatic rings. The number of benzene rings is 1. The lowest BCUT2D eigenvalue weighted by molar-refractivity contribution is 0.351. The molecule has 0 spiro atoms. The summed E-state index contributed by atoms with van der Waals surface area (Å²) < 4.78 is 12.4. The summed E-state index contributed by atoms with van der Waals surface area (Å²) in [6, 6.07) is 6.68. The second-order valence-corrected chi connectivity index (χ2v) is 6.37. The molecule has 1 N–H and O–H groups in total. The lowest BCUT2D eigenvalue weighted by Crippen LogP contribution is -2.22. The van der Waals surface area contributed by atoms with E-state index >= 15 is 0 Å². The fourth-order valence-corrected chi connectivity index (χ4v) is 3.47. The highest BCUT2D eigenvalue weighted by atomic mass is 79.9. The Balaban J connectivity index is 1.90. The van der Waals surface area contributed by atoms with Crippen LogP contribution < -0.4 is 10.1 Å². The fourth-order valence-electron chi connectivity index (χ4n) is 2.92. The number of fused-ring (bicyclic) bond motifs is 1. The van der Waals surface area contributed by atoms with Crippen molar-refractivity contribution in [1.29, 1.82) is 0 Å². The van der Waals surface area contributed by atoms with Crippen LogP contribution in [0.5, 0.6) is 5.75 Å². The van der Waals surface area contributed by atoms with Crippen LogP contribution in [0.1, 0.15) is 35.4 Å². The van der Waals surface area contributed by atoms with Gasteiger partial charge >= 0.3 is 0 Å². The van der Waals surface area contributed by atoms with E-state index in [4.69, 9.17) is 9.15 Å². The smallest absolute Gasteiger partial charge is 0.125 e. The van der Waals surface area contributed by atoms with Crippen molar-refractivity contribution < 1.29 is 9.15 Å². The first-order valence-corrected chi connectivity index (χ1v) is 8.19. The summed E-state index contributed by atoms with van der Waals surface area (Å²) >= 11 is 3.61. The quantitative estimate of drug-likeness (QED) is 0.879. The summed E-state index contributed by atoms with van der Waals surface area (Å²) in [5.41, 5.74) is 3.75. The number of nitrogens with one attached hydrogen (secondary N) is 1. The van der Waals surface area contributed by atoms with Crippen LogP contribution in [0.4, 0.5) is 0 Å². The van der Waals surface area contributed by atoms with Gasteiger partial charge in [0.25, 0.3) is 0 Å². The summed E-state index contributed by atoms with van der Waals surface area (Å²) in [5, 5.41) is 3.54. The van der Waals surface area contributed by atoms with Crippen LogP contribution in [-0.4, -0.2) is 13.2 Å². The normalized spacial score (nSPS) is 14.8. The van der Waals surface area contributed by atoms with Crippen molar-refractivity contribution in [2.75, 3.05) is 13.2 Å². The van der Waals surface area contributed by atoms with E-state index in [0.717, 1.165) is 42.0 Å². The maximum absolute atomic E-state index is 5.83. The van der Waals surface area contributed by atoms with E-state index in [1.165, 1.54) is 16.7 Å². The number of halogens is 1. The minimum absolute atomic E-state index is 0.245. The molecule has 0 saturated heterocycles. The van der Waals surface area contributed by atoms with Gasteiger partial charge in [-0.2, -0.15) is 0 Å². The Hall–Kier alpha value is -1.26. The Bertz CT molecular complexity index is 636.